The first-order valence-corrected chi connectivity index (χ1v) is 19.2. The number of carbonyl (C=O) groups excluding carboxylic acids is 3. The molecule has 39 heavy (non-hydrogen) atoms. The highest BCUT2D eigenvalue weighted by Crippen LogP contribution is 2.21. The van der Waals surface area contributed by atoms with Crippen LogP contribution in [0.5, 0.6) is 0 Å². The number of fused-ring (bicyclic) bond motifs is 1. The van der Waals surface area contributed by atoms with Gasteiger partial charge in [0.25, 0.3) is 5.56 Å². The molecule has 0 saturated carbocycles. The van der Waals surface area contributed by atoms with Gasteiger partial charge in [0.2, 0.25) is 16.6 Å². The number of urea groups is 1. The lowest BCUT2D eigenvalue weighted by molar-refractivity contribution is -0.138. The Morgan fingerprint density at radius 3 is 2.05 bits per heavy atom. The van der Waals surface area contributed by atoms with Crippen LogP contribution in [0, 0.1) is 5.82 Å². The summed E-state index contributed by atoms with van der Waals surface area (Å²) in [6.45, 7) is 9.88. The molecule has 0 unspecified atom stereocenters. The van der Waals surface area contributed by atoms with E-state index in [0.717, 1.165) is 4.90 Å². The van der Waals surface area contributed by atoms with E-state index in [2.05, 4.69) is 15.5 Å². The van der Waals surface area contributed by atoms with Crippen LogP contribution < -0.4 is 10.9 Å². The van der Waals surface area contributed by atoms with Crippen LogP contribution in [0.25, 0.3) is 10.8 Å². The Hall–Kier alpha value is -3.85. The van der Waals surface area contributed by atoms with E-state index in [0.29, 0.717) is 22.0 Å². The van der Waals surface area contributed by atoms with Gasteiger partial charge in [-0.25, -0.2) is 14.3 Å². The molecule has 13 heteroatoms. The van der Waals surface area contributed by atoms with Crippen LogP contribution in [0.4, 0.5) is 14.9 Å². The number of halogens is 1. The smallest absolute Gasteiger partial charge is 0.322 e. The molecule has 0 fully saturated rings. The maximum Gasteiger partial charge on any atom is 0.322 e. The SMILES string of the molecule is C[Si](C)(C)OC(=O)CN(CC(=O)O[Si](C)(C)C)C(=O)Nc1cc(Cc2n[nH]c(=O)c3ccccc23)ccc1F. The number of rotatable bonds is 9. The lowest BCUT2D eigenvalue weighted by Gasteiger charge is -2.26. The second-order valence-corrected chi connectivity index (χ2v) is 19.9. The van der Waals surface area contributed by atoms with Crippen LogP contribution in [0.2, 0.25) is 39.3 Å². The van der Waals surface area contributed by atoms with Crippen molar-refractivity contribution in [3.63, 3.8) is 0 Å². The molecule has 0 bridgehead atoms. The molecule has 0 aliphatic heterocycles. The molecule has 2 N–H and O–H groups in total. The molecule has 0 spiro atoms. The summed E-state index contributed by atoms with van der Waals surface area (Å²) in [6, 6.07) is 10.3. The molecule has 0 aliphatic carbocycles. The fourth-order valence-electron chi connectivity index (χ4n) is 3.73. The summed E-state index contributed by atoms with van der Waals surface area (Å²) >= 11 is 0. The second kappa shape index (κ2) is 11.9. The van der Waals surface area contributed by atoms with Gasteiger partial charge in [-0.15, -0.1) is 0 Å². The first kappa shape index (κ1) is 29.7. The molecule has 0 saturated heterocycles. The van der Waals surface area contributed by atoms with Crippen molar-refractivity contribution in [3.8, 4) is 0 Å². The van der Waals surface area contributed by atoms with Gasteiger partial charge >= 0.3 is 18.0 Å². The van der Waals surface area contributed by atoms with E-state index in [-0.39, 0.29) is 17.7 Å². The van der Waals surface area contributed by atoms with E-state index in [1.807, 2.05) is 39.3 Å². The Balaban J connectivity index is 1.83. The maximum absolute atomic E-state index is 14.7. The molecule has 1 heterocycles. The Bertz CT molecular complexity index is 1420. The molecule has 1 aromatic heterocycles. The third-order valence-corrected chi connectivity index (χ3v) is 6.87. The zero-order chi connectivity index (χ0) is 29.0. The highest BCUT2D eigenvalue weighted by molar-refractivity contribution is 6.71. The van der Waals surface area contributed by atoms with Gasteiger partial charge in [-0.05, 0) is 63.0 Å². The number of hydrogen-bond acceptors (Lipinski definition) is 7. The van der Waals surface area contributed by atoms with E-state index in [1.165, 1.54) is 12.1 Å². The van der Waals surface area contributed by atoms with Crippen molar-refractivity contribution < 1.29 is 27.6 Å². The monoisotopic (exact) mass is 572 g/mol. The number of nitrogens with one attached hydrogen (secondary N) is 2. The average Bonchev–Trinajstić information content (AvgIpc) is 2.80. The quantitative estimate of drug-likeness (QED) is 0.367. The summed E-state index contributed by atoms with van der Waals surface area (Å²) in [5.74, 6) is -2.05. The highest BCUT2D eigenvalue weighted by Gasteiger charge is 2.28. The summed E-state index contributed by atoms with van der Waals surface area (Å²) in [5, 5.41) is 10.2. The fourth-order valence-corrected chi connectivity index (χ4v) is 5.23. The molecule has 0 aliphatic rings. The lowest BCUT2D eigenvalue weighted by atomic mass is 10.0. The van der Waals surface area contributed by atoms with Crippen molar-refractivity contribution in [1.82, 2.24) is 15.1 Å². The van der Waals surface area contributed by atoms with Crippen LogP contribution in [-0.2, 0) is 24.9 Å². The Morgan fingerprint density at radius 2 is 1.49 bits per heavy atom. The molecule has 3 aromatic rings. The number of aromatic amines is 1. The number of anilines is 1. The van der Waals surface area contributed by atoms with Gasteiger partial charge < -0.3 is 19.1 Å². The fraction of sp³-hybridized carbons (Fsp3) is 0.346. The van der Waals surface area contributed by atoms with Crippen LogP contribution in [-0.4, -0.2) is 62.8 Å². The topological polar surface area (TPSA) is 131 Å². The number of amides is 2. The third-order valence-electron chi connectivity index (χ3n) is 5.19. The van der Waals surface area contributed by atoms with Crippen LogP contribution >= 0.6 is 0 Å². The molecule has 3 rings (SSSR count). The van der Waals surface area contributed by atoms with Crippen molar-refractivity contribution in [2.24, 2.45) is 0 Å². The van der Waals surface area contributed by atoms with Crippen molar-refractivity contribution in [2.75, 3.05) is 18.4 Å². The van der Waals surface area contributed by atoms with Crippen molar-refractivity contribution in [2.45, 2.75) is 45.7 Å². The molecular formula is C26H33FN4O6Si2. The van der Waals surface area contributed by atoms with Crippen LogP contribution in [0.1, 0.15) is 11.3 Å². The summed E-state index contributed by atoms with van der Waals surface area (Å²) in [7, 11) is -4.51. The van der Waals surface area contributed by atoms with Crippen molar-refractivity contribution >= 4 is 51.1 Å². The minimum absolute atomic E-state index is 0.145. The first-order valence-electron chi connectivity index (χ1n) is 12.4. The van der Waals surface area contributed by atoms with Crippen LogP contribution in [0.3, 0.4) is 0 Å². The van der Waals surface area contributed by atoms with Crippen molar-refractivity contribution in [1.29, 1.82) is 0 Å². The lowest BCUT2D eigenvalue weighted by Crippen LogP contribution is -2.46. The van der Waals surface area contributed by atoms with E-state index >= 15 is 0 Å². The second-order valence-electron chi connectivity index (χ2n) is 11.0. The average molecular weight is 573 g/mol. The normalized spacial score (nSPS) is 11.7. The Morgan fingerprint density at radius 1 is 0.923 bits per heavy atom. The zero-order valence-corrected chi connectivity index (χ0v) is 24.9. The van der Waals surface area contributed by atoms with Gasteiger partial charge in [0.1, 0.15) is 18.9 Å². The van der Waals surface area contributed by atoms with Gasteiger partial charge in [0.05, 0.1) is 16.8 Å². The summed E-state index contributed by atoms with van der Waals surface area (Å²) in [6.07, 6.45) is 0.245. The van der Waals surface area contributed by atoms with Crippen molar-refractivity contribution in [3.05, 3.63) is 69.9 Å². The highest BCUT2D eigenvalue weighted by atomic mass is 28.4. The molecule has 10 nitrogen and oxygen atoms in total. The van der Waals surface area contributed by atoms with E-state index in [9.17, 15) is 23.6 Å². The third kappa shape index (κ3) is 8.85. The Kier molecular flexibility index (Phi) is 9.07. The number of H-pyrrole nitrogens is 1. The summed E-state index contributed by atoms with van der Waals surface area (Å²) in [5.41, 5.74) is 0.716. The van der Waals surface area contributed by atoms with Gasteiger partial charge in [-0.1, -0.05) is 24.3 Å². The molecule has 208 valence electrons. The molecule has 0 atom stereocenters. The van der Waals surface area contributed by atoms with E-state index < -0.39 is 53.5 Å². The molecule has 0 radical (unpaired) electrons. The van der Waals surface area contributed by atoms with Gasteiger partial charge in [0.15, 0.2) is 0 Å². The Labute approximate surface area is 227 Å². The number of aromatic nitrogens is 2. The zero-order valence-electron chi connectivity index (χ0n) is 22.9. The molecule has 2 amide bonds. The number of nitrogens with zero attached hydrogens (tertiary/aromatic N) is 2. The van der Waals surface area contributed by atoms with Crippen LogP contribution in [0.15, 0.2) is 47.3 Å². The molecule has 2 aromatic carbocycles. The molecular weight excluding hydrogens is 539 g/mol. The number of benzene rings is 2. The van der Waals surface area contributed by atoms with Gasteiger partial charge in [0, 0.05) is 11.8 Å². The largest absolute Gasteiger partial charge is 0.519 e. The van der Waals surface area contributed by atoms with E-state index in [1.54, 1.807) is 30.3 Å². The summed E-state index contributed by atoms with van der Waals surface area (Å²) in [4.78, 5) is 51.2. The number of hydrogen-bond donors (Lipinski definition) is 2. The predicted octanol–water partition coefficient (Wildman–Crippen LogP) is 4.24. The first-order chi connectivity index (χ1) is 18.1. The minimum Gasteiger partial charge on any atom is -0.519 e. The predicted molar refractivity (Wildman–Crippen MR) is 151 cm³/mol. The van der Waals surface area contributed by atoms with E-state index in [4.69, 9.17) is 8.85 Å². The standard InChI is InChI=1S/C26H33FN4O6Si2/c1-38(2,3)36-23(32)15-31(16-24(33)37-39(4,5)6)26(35)28-22-14-17(11-12-20(22)27)13-21-18-9-7-8-10-19(18)25(34)30-29-21/h7-12,14H,13,15-16H2,1-6H3,(H,28,35)(H,30,34). The summed E-state index contributed by atoms with van der Waals surface area (Å²) < 4.78 is 25.6. The van der Waals surface area contributed by atoms with Gasteiger partial charge in [-0.2, -0.15) is 5.10 Å². The maximum atomic E-state index is 14.7. The van der Waals surface area contributed by atoms with Gasteiger partial charge in [-0.3, -0.25) is 14.4 Å². The number of carbonyl (C=O) groups is 3. The minimum atomic E-state index is -2.26.